The summed E-state index contributed by atoms with van der Waals surface area (Å²) in [4.78, 5) is 10.3. The number of allylic oxidation sites excluding steroid dienone is 4. The molecule has 60 valence electrons. The second-order valence-corrected chi connectivity index (χ2v) is 2.75. The number of carbonyl (C=O) groups is 1. The van der Waals surface area contributed by atoms with Crippen LogP contribution in [0.5, 0.6) is 0 Å². The summed E-state index contributed by atoms with van der Waals surface area (Å²) in [5.41, 5.74) is 6.10. The molecule has 0 saturated carbocycles. The van der Waals surface area contributed by atoms with Gasteiger partial charge in [0.05, 0.1) is 0 Å². The van der Waals surface area contributed by atoms with Crippen LogP contribution < -0.4 is 5.73 Å². The van der Waals surface area contributed by atoms with Crippen LogP contribution in [0, 0.1) is 5.92 Å². The molecule has 1 atom stereocenters. The van der Waals surface area contributed by atoms with Crippen molar-refractivity contribution >= 4 is 6.29 Å². The molecule has 2 N–H and O–H groups in total. The molecule has 0 fully saturated rings. The summed E-state index contributed by atoms with van der Waals surface area (Å²) in [6.07, 6.45) is 2.41. The molecule has 11 heavy (non-hydrogen) atoms. The molecular formula is C8H10FNO. The number of halogens is 1. The molecule has 2 nitrogen and oxygen atoms in total. The highest BCUT2D eigenvalue weighted by molar-refractivity contribution is 5.74. The van der Waals surface area contributed by atoms with E-state index >= 15 is 0 Å². The van der Waals surface area contributed by atoms with Crippen LogP contribution in [-0.4, -0.2) is 6.29 Å². The van der Waals surface area contributed by atoms with Gasteiger partial charge in [-0.1, -0.05) is 6.92 Å². The Labute approximate surface area is 64.6 Å². The van der Waals surface area contributed by atoms with Gasteiger partial charge in [-0.3, -0.25) is 4.79 Å². The van der Waals surface area contributed by atoms with Crippen LogP contribution >= 0.6 is 0 Å². The van der Waals surface area contributed by atoms with Gasteiger partial charge in [-0.15, -0.1) is 0 Å². The van der Waals surface area contributed by atoms with E-state index in [0.717, 1.165) is 0 Å². The minimum Gasteiger partial charge on any atom is -0.399 e. The molecule has 0 bridgehead atoms. The van der Waals surface area contributed by atoms with Gasteiger partial charge in [0.1, 0.15) is 12.1 Å². The van der Waals surface area contributed by atoms with Crippen molar-refractivity contribution < 1.29 is 9.18 Å². The number of hydrogen-bond donors (Lipinski definition) is 1. The summed E-state index contributed by atoms with van der Waals surface area (Å²) in [6, 6.07) is 0. The molecule has 3 heteroatoms. The van der Waals surface area contributed by atoms with Crippen molar-refractivity contribution in [2.45, 2.75) is 13.3 Å². The average molecular weight is 155 g/mol. The topological polar surface area (TPSA) is 43.1 Å². The molecular weight excluding hydrogens is 145 g/mol. The van der Waals surface area contributed by atoms with Gasteiger partial charge < -0.3 is 5.73 Å². The Morgan fingerprint density at radius 2 is 2.45 bits per heavy atom. The first kappa shape index (κ1) is 7.98. The molecule has 1 rings (SSSR count). The number of rotatable bonds is 1. The fourth-order valence-corrected chi connectivity index (χ4v) is 1.09. The maximum absolute atomic E-state index is 12.8. The quantitative estimate of drug-likeness (QED) is 0.580. The van der Waals surface area contributed by atoms with Gasteiger partial charge >= 0.3 is 0 Å². The highest BCUT2D eigenvalue weighted by Crippen LogP contribution is 2.25. The number of aldehydes is 1. The Morgan fingerprint density at radius 3 is 2.91 bits per heavy atom. The lowest BCUT2D eigenvalue weighted by Crippen LogP contribution is -2.15. The zero-order valence-corrected chi connectivity index (χ0v) is 6.30. The number of hydrogen-bond acceptors (Lipinski definition) is 2. The number of nitrogens with two attached hydrogens (primary N) is 1. The maximum atomic E-state index is 12.8. The molecule has 0 saturated heterocycles. The second kappa shape index (κ2) is 2.86. The van der Waals surface area contributed by atoms with Crippen molar-refractivity contribution in [2.24, 2.45) is 11.7 Å². The molecule has 0 spiro atoms. The van der Waals surface area contributed by atoms with Crippen molar-refractivity contribution in [3.63, 3.8) is 0 Å². The van der Waals surface area contributed by atoms with Crippen molar-refractivity contribution in [2.75, 3.05) is 0 Å². The Hall–Kier alpha value is -1.12. The van der Waals surface area contributed by atoms with E-state index in [1.54, 1.807) is 6.92 Å². The van der Waals surface area contributed by atoms with Crippen molar-refractivity contribution in [3.05, 3.63) is 23.2 Å². The fraction of sp³-hybridized carbons (Fsp3) is 0.375. The normalized spacial score (nSPS) is 24.9. The van der Waals surface area contributed by atoms with Crippen LogP contribution in [0.4, 0.5) is 4.39 Å². The molecule has 0 aromatic rings. The minimum atomic E-state index is -0.467. The zero-order valence-electron chi connectivity index (χ0n) is 6.30. The van der Waals surface area contributed by atoms with E-state index in [9.17, 15) is 9.18 Å². The van der Waals surface area contributed by atoms with Crippen molar-refractivity contribution in [1.82, 2.24) is 0 Å². The molecule has 1 aliphatic carbocycles. The van der Waals surface area contributed by atoms with E-state index in [-0.39, 0.29) is 11.6 Å². The zero-order chi connectivity index (χ0) is 8.43. The molecule has 0 heterocycles. The van der Waals surface area contributed by atoms with E-state index in [2.05, 4.69) is 0 Å². The average Bonchev–Trinajstić information content (AvgIpc) is 1.99. The summed E-state index contributed by atoms with van der Waals surface area (Å²) in [5.74, 6) is -0.522. The first-order valence-electron chi connectivity index (χ1n) is 3.46. The van der Waals surface area contributed by atoms with Crippen LogP contribution in [0.1, 0.15) is 13.3 Å². The van der Waals surface area contributed by atoms with Gasteiger partial charge in [0.15, 0.2) is 0 Å². The predicted molar refractivity (Wildman–Crippen MR) is 40.2 cm³/mol. The standard InChI is InChI=1S/C8H10FNO/c1-5-2-6(4-11)3-7(9)8(5)10/h3-5H,2,10H2,1H3/t5-/m0/s1. The van der Waals surface area contributed by atoms with Gasteiger partial charge in [0.2, 0.25) is 0 Å². The molecule has 0 amide bonds. The van der Waals surface area contributed by atoms with Gasteiger partial charge in [0.25, 0.3) is 0 Å². The highest BCUT2D eigenvalue weighted by atomic mass is 19.1. The van der Waals surface area contributed by atoms with Gasteiger partial charge in [-0.25, -0.2) is 4.39 Å². The number of carbonyl (C=O) groups excluding carboxylic acids is 1. The summed E-state index contributed by atoms with van der Waals surface area (Å²) in [6.45, 7) is 1.80. The third-order valence-corrected chi connectivity index (χ3v) is 1.81. The van der Waals surface area contributed by atoms with E-state index < -0.39 is 5.83 Å². The van der Waals surface area contributed by atoms with E-state index in [4.69, 9.17) is 5.73 Å². The van der Waals surface area contributed by atoms with E-state index in [1.165, 1.54) is 6.08 Å². The smallest absolute Gasteiger partial charge is 0.146 e. The van der Waals surface area contributed by atoms with Crippen molar-refractivity contribution in [3.8, 4) is 0 Å². The minimum absolute atomic E-state index is 0.0554. The van der Waals surface area contributed by atoms with Crippen LogP contribution in [-0.2, 0) is 4.79 Å². The molecule has 0 aromatic carbocycles. The monoisotopic (exact) mass is 155 g/mol. The third kappa shape index (κ3) is 1.48. The summed E-state index contributed by atoms with van der Waals surface area (Å²) in [5, 5.41) is 0. The van der Waals surface area contributed by atoms with Gasteiger partial charge in [0, 0.05) is 11.6 Å². The van der Waals surface area contributed by atoms with Gasteiger partial charge in [-0.2, -0.15) is 0 Å². The lowest BCUT2D eigenvalue weighted by atomic mass is 9.93. The second-order valence-electron chi connectivity index (χ2n) is 2.75. The SMILES string of the molecule is C[C@H]1CC(C=O)=CC(F)=C1N. The highest BCUT2D eigenvalue weighted by Gasteiger charge is 2.17. The summed E-state index contributed by atoms with van der Waals surface area (Å²) < 4.78 is 12.8. The Kier molecular flexibility index (Phi) is 2.08. The molecule has 1 aliphatic rings. The van der Waals surface area contributed by atoms with Gasteiger partial charge in [-0.05, 0) is 18.1 Å². The van der Waals surface area contributed by atoms with Crippen LogP contribution in [0.3, 0.4) is 0 Å². The lowest BCUT2D eigenvalue weighted by Gasteiger charge is -2.16. The Morgan fingerprint density at radius 1 is 1.82 bits per heavy atom. The third-order valence-electron chi connectivity index (χ3n) is 1.81. The lowest BCUT2D eigenvalue weighted by molar-refractivity contribution is -0.105. The predicted octanol–water partition coefficient (Wildman–Crippen LogP) is 1.29. The van der Waals surface area contributed by atoms with E-state index in [0.29, 0.717) is 18.3 Å². The Balaban J connectivity index is 2.95. The first-order valence-corrected chi connectivity index (χ1v) is 3.46. The summed E-state index contributed by atoms with van der Waals surface area (Å²) in [7, 11) is 0. The van der Waals surface area contributed by atoms with Crippen LogP contribution in [0.15, 0.2) is 23.2 Å². The first-order chi connectivity index (χ1) is 5.15. The van der Waals surface area contributed by atoms with Crippen molar-refractivity contribution in [1.29, 1.82) is 0 Å². The van der Waals surface area contributed by atoms with E-state index in [1.807, 2.05) is 0 Å². The van der Waals surface area contributed by atoms with Crippen LogP contribution in [0.25, 0.3) is 0 Å². The molecule has 0 unspecified atom stereocenters. The molecule has 0 radical (unpaired) electrons. The molecule has 0 aliphatic heterocycles. The Bertz CT molecular complexity index is 242. The van der Waals surface area contributed by atoms with Crippen LogP contribution in [0.2, 0.25) is 0 Å². The summed E-state index contributed by atoms with van der Waals surface area (Å²) >= 11 is 0. The maximum Gasteiger partial charge on any atom is 0.146 e. The largest absolute Gasteiger partial charge is 0.399 e. The fourth-order valence-electron chi connectivity index (χ4n) is 1.09. The molecule has 0 aromatic heterocycles.